The highest BCUT2D eigenvalue weighted by Gasteiger charge is 2.46. The Bertz CT molecular complexity index is 1510. The molecule has 284 valence electrons. The minimum atomic E-state index is -0.579. The summed E-state index contributed by atoms with van der Waals surface area (Å²) in [6.45, 7) is 21.8. The fourth-order valence-electron chi connectivity index (χ4n) is 6.39. The van der Waals surface area contributed by atoms with Crippen molar-refractivity contribution >= 4 is 11.9 Å². The van der Waals surface area contributed by atoms with Crippen molar-refractivity contribution in [3.05, 3.63) is 57.6 Å². The van der Waals surface area contributed by atoms with Crippen molar-refractivity contribution in [1.29, 1.82) is 0 Å². The molecule has 2 heterocycles. The van der Waals surface area contributed by atoms with Crippen LogP contribution in [0.5, 0.6) is 11.5 Å². The zero-order chi connectivity index (χ0) is 37.8. The predicted octanol–water partition coefficient (Wildman–Crippen LogP) is 7.11. The van der Waals surface area contributed by atoms with Crippen LogP contribution in [0.1, 0.15) is 108 Å². The van der Waals surface area contributed by atoms with E-state index in [1.54, 1.807) is 0 Å². The van der Waals surface area contributed by atoms with Crippen molar-refractivity contribution in [2.24, 2.45) is 10.8 Å². The summed E-state index contributed by atoms with van der Waals surface area (Å²) in [6, 6.07) is 7.78. The summed E-state index contributed by atoms with van der Waals surface area (Å²) in [5, 5.41) is 21.0. The van der Waals surface area contributed by atoms with E-state index in [-0.39, 0.29) is 48.8 Å². The predicted molar refractivity (Wildman–Crippen MR) is 194 cm³/mol. The highest BCUT2D eigenvalue weighted by molar-refractivity contribution is 5.70. The summed E-state index contributed by atoms with van der Waals surface area (Å²) >= 11 is 0. The first kappa shape index (κ1) is 40.6. The zero-order valence-corrected chi connectivity index (χ0v) is 32.4. The number of phenols is 2. The Kier molecular flexibility index (Phi) is 12.9. The van der Waals surface area contributed by atoms with E-state index >= 15 is 0 Å². The molecule has 2 fully saturated rings. The standard InChI is InChI=1S/C41H60O10/c1-26-17-28(19-30(35(26)44)38(3,4)5)11-13-32(42)46-16-15-34-48-22-41(23-49-34)24-50-37(51-25-41)40(9,10)21-47-33(43)14-12-29-18-27(2)36(45)31(20-29)39(6,7)8/h17-20,34,37,44-45H,11-16,21-25H2,1-10H3. The molecule has 10 nitrogen and oxygen atoms in total. The summed E-state index contributed by atoms with van der Waals surface area (Å²) in [6.07, 6.45) is 0.886. The van der Waals surface area contributed by atoms with E-state index in [9.17, 15) is 19.8 Å². The van der Waals surface area contributed by atoms with E-state index in [1.807, 2.05) is 52.0 Å². The monoisotopic (exact) mass is 712 g/mol. The molecule has 2 N–H and O–H groups in total. The number of aromatic hydroxyl groups is 2. The van der Waals surface area contributed by atoms with Gasteiger partial charge in [-0.1, -0.05) is 79.7 Å². The van der Waals surface area contributed by atoms with Gasteiger partial charge in [0.15, 0.2) is 12.6 Å². The van der Waals surface area contributed by atoms with Gasteiger partial charge in [0, 0.05) is 24.7 Å². The molecule has 0 saturated carbocycles. The number of benzene rings is 2. The fourth-order valence-corrected chi connectivity index (χ4v) is 6.39. The maximum atomic E-state index is 12.7. The van der Waals surface area contributed by atoms with Gasteiger partial charge in [-0.3, -0.25) is 9.59 Å². The maximum Gasteiger partial charge on any atom is 0.306 e. The lowest BCUT2D eigenvalue weighted by Crippen LogP contribution is -2.55. The van der Waals surface area contributed by atoms with Crippen LogP contribution in [0.15, 0.2) is 24.3 Å². The van der Waals surface area contributed by atoms with Gasteiger partial charge < -0.3 is 38.6 Å². The first-order chi connectivity index (χ1) is 23.7. The molecule has 2 saturated heterocycles. The van der Waals surface area contributed by atoms with Gasteiger partial charge in [0.25, 0.3) is 0 Å². The first-order valence-electron chi connectivity index (χ1n) is 18.1. The number of ether oxygens (including phenoxy) is 6. The Morgan fingerprint density at radius 1 is 0.706 bits per heavy atom. The van der Waals surface area contributed by atoms with Gasteiger partial charge in [-0.25, -0.2) is 0 Å². The largest absolute Gasteiger partial charge is 0.507 e. The normalized spacial score (nSPS) is 21.5. The van der Waals surface area contributed by atoms with Gasteiger partial charge in [0.2, 0.25) is 0 Å². The Balaban J connectivity index is 1.13. The molecule has 0 amide bonds. The van der Waals surface area contributed by atoms with E-state index < -0.39 is 23.4 Å². The third-order valence-electron chi connectivity index (χ3n) is 9.66. The summed E-state index contributed by atoms with van der Waals surface area (Å²) in [5.74, 6) is 0.0194. The average Bonchev–Trinajstić information content (AvgIpc) is 3.05. The molecule has 0 bridgehead atoms. The topological polar surface area (TPSA) is 130 Å². The zero-order valence-electron chi connectivity index (χ0n) is 32.4. The second-order valence-electron chi connectivity index (χ2n) is 17.3. The van der Waals surface area contributed by atoms with Crippen LogP contribution in [-0.2, 0) is 61.7 Å². The number of carbonyl (C=O) groups is 2. The molecule has 0 unspecified atom stereocenters. The van der Waals surface area contributed by atoms with E-state index in [4.69, 9.17) is 28.4 Å². The summed E-state index contributed by atoms with van der Waals surface area (Å²) in [5.41, 5.74) is 3.87. The molecule has 0 radical (unpaired) electrons. The minimum absolute atomic E-state index is 0.145. The molecule has 0 aliphatic carbocycles. The van der Waals surface area contributed by atoms with E-state index in [2.05, 4.69) is 41.5 Å². The lowest BCUT2D eigenvalue weighted by molar-refractivity contribution is -0.323. The van der Waals surface area contributed by atoms with Crippen molar-refractivity contribution in [3.63, 3.8) is 0 Å². The van der Waals surface area contributed by atoms with Crippen molar-refractivity contribution in [1.82, 2.24) is 0 Å². The lowest BCUT2D eigenvalue weighted by atomic mass is 9.83. The van der Waals surface area contributed by atoms with Crippen LogP contribution < -0.4 is 0 Å². The fraction of sp³-hybridized carbons (Fsp3) is 0.659. The highest BCUT2D eigenvalue weighted by Crippen LogP contribution is 2.38. The van der Waals surface area contributed by atoms with Crippen molar-refractivity contribution < 1.29 is 48.2 Å². The number of esters is 2. The molecular weight excluding hydrogens is 652 g/mol. The first-order valence-corrected chi connectivity index (χ1v) is 18.1. The van der Waals surface area contributed by atoms with Gasteiger partial charge in [0.05, 0.1) is 38.4 Å². The van der Waals surface area contributed by atoms with Crippen LogP contribution in [0.2, 0.25) is 0 Å². The number of aryl methyl sites for hydroxylation is 4. The second kappa shape index (κ2) is 16.2. The quantitative estimate of drug-likeness (QED) is 0.220. The van der Waals surface area contributed by atoms with Crippen molar-refractivity contribution in [2.45, 2.75) is 125 Å². The third-order valence-corrected chi connectivity index (χ3v) is 9.66. The average molecular weight is 713 g/mol. The molecule has 2 aliphatic rings. The summed E-state index contributed by atoms with van der Waals surface area (Å²) in [7, 11) is 0. The Labute approximate surface area is 304 Å². The van der Waals surface area contributed by atoms with Gasteiger partial charge in [-0.2, -0.15) is 0 Å². The highest BCUT2D eigenvalue weighted by atomic mass is 16.7. The van der Waals surface area contributed by atoms with E-state index in [1.165, 1.54) is 0 Å². The molecule has 2 aromatic rings. The Hall–Kier alpha value is -3.18. The molecular formula is C41H60O10. The van der Waals surface area contributed by atoms with Crippen LogP contribution >= 0.6 is 0 Å². The van der Waals surface area contributed by atoms with Crippen molar-refractivity contribution in [2.75, 3.05) is 39.6 Å². The SMILES string of the molecule is Cc1cc(CCC(=O)OCCC2OCC3(CO2)COC(C(C)(C)COC(=O)CCc2cc(C)c(O)c(C(C)(C)C)c2)OC3)cc(C(C)(C)C)c1O. The maximum absolute atomic E-state index is 12.7. The molecule has 2 aromatic carbocycles. The minimum Gasteiger partial charge on any atom is -0.507 e. The smallest absolute Gasteiger partial charge is 0.306 e. The van der Waals surface area contributed by atoms with Crippen LogP contribution in [0.25, 0.3) is 0 Å². The number of phenolic OH excluding ortho intramolecular Hbond substituents is 2. The molecule has 51 heavy (non-hydrogen) atoms. The van der Waals surface area contributed by atoms with Gasteiger partial charge in [-0.05, 0) is 70.9 Å². The number of rotatable bonds is 12. The number of hydrogen-bond donors (Lipinski definition) is 2. The Morgan fingerprint density at radius 2 is 1.14 bits per heavy atom. The van der Waals surface area contributed by atoms with Crippen LogP contribution in [0, 0.1) is 24.7 Å². The molecule has 4 rings (SSSR count). The number of carbonyl (C=O) groups excluding carboxylic acids is 2. The second-order valence-corrected chi connectivity index (χ2v) is 17.3. The summed E-state index contributed by atoms with van der Waals surface area (Å²) in [4.78, 5) is 25.2. The number of hydrogen-bond acceptors (Lipinski definition) is 10. The molecule has 10 heteroatoms. The van der Waals surface area contributed by atoms with Crippen LogP contribution in [0.3, 0.4) is 0 Å². The molecule has 0 aromatic heterocycles. The van der Waals surface area contributed by atoms with Gasteiger partial charge in [-0.15, -0.1) is 0 Å². The van der Waals surface area contributed by atoms with Crippen LogP contribution in [-0.4, -0.2) is 74.4 Å². The van der Waals surface area contributed by atoms with Crippen LogP contribution in [0.4, 0.5) is 0 Å². The molecule has 1 spiro atoms. The lowest BCUT2D eigenvalue weighted by Gasteiger charge is -2.46. The van der Waals surface area contributed by atoms with Gasteiger partial charge in [0.1, 0.15) is 18.1 Å². The molecule has 2 aliphatic heterocycles. The third kappa shape index (κ3) is 10.9. The summed E-state index contributed by atoms with van der Waals surface area (Å²) < 4.78 is 35.3. The van der Waals surface area contributed by atoms with Crippen molar-refractivity contribution in [3.8, 4) is 11.5 Å². The van der Waals surface area contributed by atoms with E-state index in [0.717, 1.165) is 33.4 Å². The van der Waals surface area contributed by atoms with E-state index in [0.29, 0.717) is 57.2 Å². The Morgan fingerprint density at radius 3 is 1.59 bits per heavy atom. The van der Waals surface area contributed by atoms with Gasteiger partial charge >= 0.3 is 11.9 Å². The molecule has 0 atom stereocenters.